The van der Waals surface area contributed by atoms with Crippen LogP contribution in [0.3, 0.4) is 0 Å². The van der Waals surface area contributed by atoms with Gasteiger partial charge in [-0.15, -0.1) is 0 Å². The lowest BCUT2D eigenvalue weighted by atomic mass is 10.2. The zero-order valence-electron chi connectivity index (χ0n) is 17.8. The third kappa shape index (κ3) is 5.64. The van der Waals surface area contributed by atoms with Gasteiger partial charge in [0, 0.05) is 32.0 Å². The van der Waals surface area contributed by atoms with Crippen LogP contribution >= 0.6 is 0 Å². The van der Waals surface area contributed by atoms with Crippen molar-refractivity contribution in [2.75, 3.05) is 43.6 Å². The first-order chi connectivity index (χ1) is 15.7. The number of hydrogen-bond donors (Lipinski definition) is 2. The normalized spacial score (nSPS) is 13.3. The number of urea groups is 1. The summed E-state index contributed by atoms with van der Waals surface area (Å²) in [5.74, 6) is 2.49. The van der Waals surface area contributed by atoms with Gasteiger partial charge >= 0.3 is 6.03 Å². The summed E-state index contributed by atoms with van der Waals surface area (Å²) in [7, 11) is 1.60. The Hall–Kier alpha value is -3.85. The lowest BCUT2D eigenvalue weighted by Gasteiger charge is -2.28. The Morgan fingerprint density at radius 2 is 1.84 bits per heavy atom. The van der Waals surface area contributed by atoms with Crippen LogP contribution in [0.15, 0.2) is 60.9 Å². The van der Waals surface area contributed by atoms with Gasteiger partial charge in [0.15, 0.2) is 0 Å². The monoisotopic (exact) mass is 435 g/mol. The Morgan fingerprint density at radius 3 is 2.62 bits per heavy atom. The summed E-state index contributed by atoms with van der Waals surface area (Å²) in [6.45, 7) is 3.36. The number of amides is 2. The van der Waals surface area contributed by atoms with Crippen molar-refractivity contribution >= 4 is 17.5 Å². The molecule has 0 bridgehead atoms. The first-order valence-electron chi connectivity index (χ1n) is 10.3. The molecule has 2 amide bonds. The number of nitrogens with one attached hydrogen (secondary N) is 2. The van der Waals surface area contributed by atoms with Gasteiger partial charge in [0.1, 0.15) is 23.0 Å². The van der Waals surface area contributed by atoms with Crippen LogP contribution in [-0.2, 0) is 11.3 Å². The maximum atomic E-state index is 12.5. The minimum absolute atomic E-state index is 0.298. The van der Waals surface area contributed by atoms with Crippen molar-refractivity contribution in [3.05, 3.63) is 66.5 Å². The molecule has 1 aliphatic rings. The molecule has 32 heavy (non-hydrogen) atoms. The molecule has 1 aromatic carbocycles. The highest BCUT2D eigenvalue weighted by molar-refractivity contribution is 5.90. The van der Waals surface area contributed by atoms with Gasteiger partial charge in [-0.2, -0.15) is 0 Å². The summed E-state index contributed by atoms with van der Waals surface area (Å²) in [5.41, 5.74) is 1.42. The minimum atomic E-state index is -0.359. The van der Waals surface area contributed by atoms with Gasteiger partial charge in [-0.25, -0.2) is 14.8 Å². The summed E-state index contributed by atoms with van der Waals surface area (Å²) in [5, 5.41) is 5.66. The van der Waals surface area contributed by atoms with Gasteiger partial charge in [0.05, 0.1) is 20.3 Å². The molecule has 0 atom stereocenters. The van der Waals surface area contributed by atoms with Gasteiger partial charge in [-0.1, -0.05) is 0 Å². The molecule has 166 valence electrons. The first kappa shape index (κ1) is 21.4. The second kappa shape index (κ2) is 10.5. The van der Waals surface area contributed by atoms with Crippen molar-refractivity contribution in [1.29, 1.82) is 0 Å². The molecule has 3 heterocycles. The number of carbonyl (C=O) groups is 1. The number of pyridine rings is 2. The van der Waals surface area contributed by atoms with Gasteiger partial charge in [-0.3, -0.25) is 0 Å². The van der Waals surface area contributed by atoms with Gasteiger partial charge in [0.25, 0.3) is 0 Å². The maximum Gasteiger partial charge on any atom is 0.319 e. The summed E-state index contributed by atoms with van der Waals surface area (Å²) in [6.07, 6.45) is 3.35. The molecule has 3 aromatic rings. The van der Waals surface area contributed by atoms with E-state index in [1.807, 2.05) is 12.1 Å². The fourth-order valence-electron chi connectivity index (χ4n) is 3.21. The number of morpholine rings is 1. The van der Waals surface area contributed by atoms with Crippen molar-refractivity contribution in [2.24, 2.45) is 0 Å². The predicted octanol–water partition coefficient (Wildman–Crippen LogP) is 3.44. The zero-order valence-corrected chi connectivity index (χ0v) is 17.8. The van der Waals surface area contributed by atoms with Gasteiger partial charge in [0.2, 0.25) is 5.88 Å². The van der Waals surface area contributed by atoms with Crippen LogP contribution in [0.2, 0.25) is 0 Å². The molecule has 1 saturated heterocycles. The van der Waals surface area contributed by atoms with E-state index in [9.17, 15) is 4.79 Å². The molecule has 0 unspecified atom stereocenters. The van der Waals surface area contributed by atoms with E-state index in [-0.39, 0.29) is 6.03 Å². The first-order valence-corrected chi connectivity index (χ1v) is 10.3. The Labute approximate surface area is 186 Å². The molecule has 0 radical (unpaired) electrons. The van der Waals surface area contributed by atoms with E-state index < -0.39 is 0 Å². The molecule has 2 aromatic heterocycles. The quantitative estimate of drug-likeness (QED) is 0.587. The number of methoxy groups -OCH3 is 1. The summed E-state index contributed by atoms with van der Waals surface area (Å²) in [6, 6.07) is 14.1. The molecule has 0 spiro atoms. The molecular formula is C23H25N5O4. The number of aromatic nitrogens is 2. The summed E-state index contributed by atoms with van der Waals surface area (Å²) < 4.78 is 16.4. The van der Waals surface area contributed by atoms with E-state index in [2.05, 4.69) is 25.5 Å². The fourth-order valence-corrected chi connectivity index (χ4v) is 3.21. The topological polar surface area (TPSA) is 97.8 Å². The minimum Gasteiger partial charge on any atom is -0.497 e. The van der Waals surface area contributed by atoms with E-state index in [0.29, 0.717) is 37.1 Å². The van der Waals surface area contributed by atoms with E-state index >= 15 is 0 Å². The molecule has 4 rings (SSSR count). The van der Waals surface area contributed by atoms with Gasteiger partial charge in [-0.05, 0) is 54.1 Å². The van der Waals surface area contributed by atoms with Crippen LogP contribution in [-0.4, -0.2) is 49.4 Å². The van der Waals surface area contributed by atoms with Crippen LogP contribution in [0, 0.1) is 0 Å². The largest absolute Gasteiger partial charge is 0.497 e. The lowest BCUT2D eigenvalue weighted by Crippen LogP contribution is -2.36. The SMILES string of the molecule is COc1ccc(Oc2ncccc2NC(=O)NCc2ccnc(N3CCOCC3)c2)cc1. The molecule has 2 N–H and O–H groups in total. The van der Waals surface area contributed by atoms with Crippen LogP contribution in [0.5, 0.6) is 17.4 Å². The number of rotatable bonds is 7. The van der Waals surface area contributed by atoms with Crippen molar-refractivity contribution < 1.29 is 19.0 Å². The van der Waals surface area contributed by atoms with Crippen LogP contribution in [0.4, 0.5) is 16.3 Å². The maximum absolute atomic E-state index is 12.5. The summed E-state index contributed by atoms with van der Waals surface area (Å²) in [4.78, 5) is 23.3. The van der Waals surface area contributed by atoms with Gasteiger partial charge < -0.3 is 29.7 Å². The molecular weight excluding hydrogens is 410 g/mol. The molecule has 0 aliphatic carbocycles. The molecule has 9 heteroatoms. The van der Waals surface area contributed by atoms with E-state index in [1.165, 1.54) is 0 Å². The standard InChI is InChI=1S/C23H25N5O4/c1-30-18-4-6-19(7-5-18)32-22-20(3-2-9-25-22)27-23(29)26-16-17-8-10-24-21(15-17)28-11-13-31-14-12-28/h2-10,15H,11-14,16H2,1H3,(H2,26,27,29). The van der Waals surface area contributed by atoms with E-state index in [4.69, 9.17) is 14.2 Å². The third-order valence-electron chi connectivity index (χ3n) is 4.89. The third-order valence-corrected chi connectivity index (χ3v) is 4.89. The van der Waals surface area contributed by atoms with Crippen LogP contribution in [0.1, 0.15) is 5.56 Å². The van der Waals surface area contributed by atoms with Crippen molar-refractivity contribution in [3.63, 3.8) is 0 Å². The lowest BCUT2D eigenvalue weighted by molar-refractivity contribution is 0.122. The molecule has 9 nitrogen and oxygen atoms in total. The van der Waals surface area contributed by atoms with Crippen LogP contribution in [0.25, 0.3) is 0 Å². The number of nitrogens with zero attached hydrogens (tertiary/aromatic N) is 3. The van der Waals surface area contributed by atoms with E-state index in [1.54, 1.807) is 55.9 Å². The Balaban J connectivity index is 1.35. The number of carbonyl (C=O) groups excluding carboxylic acids is 1. The Bertz CT molecular complexity index is 1040. The Kier molecular flexibility index (Phi) is 6.98. The highest BCUT2D eigenvalue weighted by Crippen LogP contribution is 2.28. The van der Waals surface area contributed by atoms with Crippen molar-refractivity contribution in [2.45, 2.75) is 6.54 Å². The molecule has 1 fully saturated rings. The van der Waals surface area contributed by atoms with E-state index in [0.717, 1.165) is 30.2 Å². The van der Waals surface area contributed by atoms with Crippen LogP contribution < -0.4 is 25.0 Å². The average Bonchev–Trinajstić information content (AvgIpc) is 2.85. The van der Waals surface area contributed by atoms with Crippen molar-refractivity contribution in [3.8, 4) is 17.4 Å². The Morgan fingerprint density at radius 1 is 1.06 bits per heavy atom. The smallest absolute Gasteiger partial charge is 0.319 e. The molecule has 1 aliphatic heterocycles. The highest BCUT2D eigenvalue weighted by atomic mass is 16.5. The highest BCUT2D eigenvalue weighted by Gasteiger charge is 2.13. The predicted molar refractivity (Wildman–Crippen MR) is 120 cm³/mol. The average molecular weight is 435 g/mol. The number of hydrogen-bond acceptors (Lipinski definition) is 7. The number of anilines is 2. The number of benzene rings is 1. The second-order valence-corrected chi connectivity index (χ2v) is 7.06. The second-order valence-electron chi connectivity index (χ2n) is 7.06. The summed E-state index contributed by atoms with van der Waals surface area (Å²) >= 11 is 0. The van der Waals surface area contributed by atoms with Crippen molar-refractivity contribution in [1.82, 2.24) is 15.3 Å². The number of ether oxygens (including phenoxy) is 3. The molecule has 0 saturated carbocycles. The fraction of sp³-hybridized carbons (Fsp3) is 0.261. The zero-order chi connectivity index (χ0) is 22.2.